The summed E-state index contributed by atoms with van der Waals surface area (Å²) in [6.07, 6.45) is 5.00. The van der Waals surface area contributed by atoms with Crippen LogP contribution in [-0.2, 0) is 9.53 Å². The summed E-state index contributed by atoms with van der Waals surface area (Å²) >= 11 is 1.51. The summed E-state index contributed by atoms with van der Waals surface area (Å²) in [6.45, 7) is 0. The van der Waals surface area contributed by atoms with Gasteiger partial charge in [-0.05, 0) is 32.1 Å². The molecule has 1 aromatic heterocycles. The van der Waals surface area contributed by atoms with Gasteiger partial charge in [-0.1, -0.05) is 11.8 Å². The van der Waals surface area contributed by atoms with Crippen molar-refractivity contribution < 1.29 is 9.53 Å². The van der Waals surface area contributed by atoms with Gasteiger partial charge in [0.1, 0.15) is 6.04 Å². The highest BCUT2D eigenvalue weighted by atomic mass is 32.2. The molecule has 116 valence electrons. The number of methoxy groups -OCH3 is 1. The lowest BCUT2D eigenvalue weighted by molar-refractivity contribution is -0.143. The summed E-state index contributed by atoms with van der Waals surface area (Å²) in [7, 11) is 1.41. The first-order valence-electron chi connectivity index (χ1n) is 7.32. The zero-order chi connectivity index (χ0) is 14.8. The Kier molecular flexibility index (Phi) is 4.34. The third-order valence-electron chi connectivity index (χ3n) is 3.72. The van der Waals surface area contributed by atoms with Crippen LogP contribution in [0, 0.1) is 0 Å². The number of hydrogen-bond acceptors (Lipinski definition) is 6. The van der Waals surface area contributed by atoms with Crippen LogP contribution in [0.3, 0.4) is 0 Å². The molecule has 2 fully saturated rings. The van der Waals surface area contributed by atoms with E-state index in [1.807, 2.05) is 0 Å². The Morgan fingerprint density at radius 3 is 2.90 bits per heavy atom. The molecule has 7 nitrogen and oxygen atoms in total. The Morgan fingerprint density at radius 1 is 1.52 bits per heavy atom. The van der Waals surface area contributed by atoms with E-state index in [1.54, 1.807) is 4.57 Å². The third-order valence-corrected chi connectivity index (χ3v) is 4.71. The maximum Gasteiger partial charge on any atom is 0.344 e. The average Bonchev–Trinajstić information content (AvgIpc) is 3.39. The number of esters is 1. The number of rotatable bonds is 8. The van der Waals surface area contributed by atoms with Crippen LogP contribution >= 0.6 is 11.8 Å². The standard InChI is InChI=1S/C13H20N4O3S/c1-20-11(18)10(14-8-2-3-8)6-7-21-13-16-15-12(19)17(13)9-4-5-9/h8-10,14H,2-7H2,1H3,(H,15,19). The molecule has 0 radical (unpaired) electrons. The van der Waals surface area contributed by atoms with E-state index in [-0.39, 0.29) is 17.7 Å². The van der Waals surface area contributed by atoms with Crippen molar-refractivity contribution >= 4 is 17.7 Å². The van der Waals surface area contributed by atoms with Gasteiger partial charge in [-0.3, -0.25) is 9.36 Å². The number of nitrogens with one attached hydrogen (secondary N) is 2. The van der Waals surface area contributed by atoms with E-state index in [4.69, 9.17) is 4.74 Å². The highest BCUT2D eigenvalue weighted by molar-refractivity contribution is 7.99. The van der Waals surface area contributed by atoms with Crippen LogP contribution < -0.4 is 11.0 Å². The van der Waals surface area contributed by atoms with E-state index < -0.39 is 0 Å². The zero-order valence-corrected chi connectivity index (χ0v) is 12.8. The van der Waals surface area contributed by atoms with Crippen LogP contribution in [0.25, 0.3) is 0 Å². The Bertz CT molecular complexity index is 562. The average molecular weight is 312 g/mol. The molecule has 2 aliphatic carbocycles. The number of aromatic nitrogens is 3. The molecule has 1 heterocycles. The number of carbonyl (C=O) groups excluding carboxylic acids is 1. The molecule has 3 rings (SSSR count). The second-order valence-corrected chi connectivity index (χ2v) is 6.63. The molecular weight excluding hydrogens is 292 g/mol. The van der Waals surface area contributed by atoms with Gasteiger partial charge in [0.2, 0.25) is 0 Å². The van der Waals surface area contributed by atoms with Crippen molar-refractivity contribution in [3.63, 3.8) is 0 Å². The quantitative estimate of drug-likeness (QED) is 0.542. The van der Waals surface area contributed by atoms with Gasteiger partial charge in [0.05, 0.1) is 7.11 Å². The fourth-order valence-corrected chi connectivity index (χ4v) is 3.28. The highest BCUT2D eigenvalue weighted by Gasteiger charge is 2.30. The van der Waals surface area contributed by atoms with E-state index >= 15 is 0 Å². The molecule has 0 spiro atoms. The molecule has 0 aromatic carbocycles. The minimum absolute atomic E-state index is 0.138. The van der Waals surface area contributed by atoms with Crippen LogP contribution in [0.15, 0.2) is 9.95 Å². The first-order chi connectivity index (χ1) is 10.2. The molecule has 1 unspecified atom stereocenters. The lowest BCUT2D eigenvalue weighted by atomic mass is 10.2. The largest absolute Gasteiger partial charge is 0.468 e. The first kappa shape index (κ1) is 14.6. The van der Waals surface area contributed by atoms with Crippen LogP contribution in [0.2, 0.25) is 0 Å². The van der Waals surface area contributed by atoms with E-state index in [0.717, 1.165) is 36.6 Å². The lowest BCUT2D eigenvalue weighted by Gasteiger charge is -2.15. The Labute approximate surface area is 126 Å². The lowest BCUT2D eigenvalue weighted by Crippen LogP contribution is -2.39. The molecule has 0 amide bonds. The Balaban J connectivity index is 1.54. The van der Waals surface area contributed by atoms with Gasteiger partial charge in [0.15, 0.2) is 5.16 Å². The molecule has 2 saturated carbocycles. The van der Waals surface area contributed by atoms with E-state index in [1.165, 1.54) is 18.9 Å². The molecule has 2 aliphatic rings. The van der Waals surface area contributed by atoms with Gasteiger partial charge in [-0.15, -0.1) is 5.10 Å². The van der Waals surface area contributed by atoms with E-state index in [0.29, 0.717) is 18.5 Å². The number of ether oxygens (including phenoxy) is 1. The van der Waals surface area contributed by atoms with Crippen molar-refractivity contribution in [2.75, 3.05) is 12.9 Å². The predicted octanol–water partition coefficient (Wildman–Crippen LogP) is 0.682. The van der Waals surface area contributed by atoms with Crippen LogP contribution in [0.4, 0.5) is 0 Å². The number of aromatic amines is 1. The molecule has 0 bridgehead atoms. The van der Waals surface area contributed by atoms with E-state index in [9.17, 15) is 9.59 Å². The summed E-state index contributed by atoms with van der Waals surface area (Å²) in [4.78, 5) is 23.4. The summed E-state index contributed by atoms with van der Waals surface area (Å²) in [5.41, 5.74) is -0.138. The highest BCUT2D eigenvalue weighted by Crippen LogP contribution is 2.36. The number of carbonyl (C=O) groups is 1. The number of nitrogens with zero attached hydrogens (tertiary/aromatic N) is 2. The molecular formula is C13H20N4O3S. The van der Waals surface area contributed by atoms with Crippen LogP contribution in [-0.4, -0.2) is 45.7 Å². The number of H-pyrrole nitrogens is 1. The molecule has 2 N–H and O–H groups in total. The van der Waals surface area contributed by atoms with Crippen molar-refractivity contribution in [3.8, 4) is 0 Å². The molecule has 0 aliphatic heterocycles. The SMILES string of the molecule is COC(=O)C(CCSc1n[nH]c(=O)n1C1CC1)NC1CC1. The second kappa shape index (κ2) is 6.23. The zero-order valence-electron chi connectivity index (χ0n) is 12.0. The monoisotopic (exact) mass is 312 g/mol. The summed E-state index contributed by atoms with van der Waals surface area (Å²) in [5.74, 6) is 0.500. The van der Waals surface area contributed by atoms with Crippen molar-refractivity contribution in [1.29, 1.82) is 0 Å². The van der Waals surface area contributed by atoms with Gasteiger partial charge in [0, 0.05) is 17.8 Å². The fourth-order valence-electron chi connectivity index (χ4n) is 2.26. The van der Waals surface area contributed by atoms with Gasteiger partial charge in [0.25, 0.3) is 0 Å². The Morgan fingerprint density at radius 2 is 2.29 bits per heavy atom. The van der Waals surface area contributed by atoms with Gasteiger partial charge in [-0.2, -0.15) is 0 Å². The van der Waals surface area contributed by atoms with E-state index in [2.05, 4.69) is 15.5 Å². The van der Waals surface area contributed by atoms with Gasteiger partial charge >= 0.3 is 11.7 Å². The smallest absolute Gasteiger partial charge is 0.344 e. The molecule has 8 heteroatoms. The predicted molar refractivity (Wildman–Crippen MR) is 78.4 cm³/mol. The Hall–Kier alpha value is -1.28. The van der Waals surface area contributed by atoms with Crippen molar-refractivity contribution in [2.45, 2.75) is 55.4 Å². The van der Waals surface area contributed by atoms with Gasteiger partial charge < -0.3 is 10.1 Å². The fraction of sp³-hybridized carbons (Fsp3) is 0.769. The number of thioether (sulfide) groups is 1. The summed E-state index contributed by atoms with van der Waals surface area (Å²) in [6, 6.07) is 0.490. The summed E-state index contributed by atoms with van der Waals surface area (Å²) in [5, 5.41) is 10.6. The van der Waals surface area contributed by atoms with Crippen LogP contribution in [0.1, 0.15) is 38.1 Å². The third kappa shape index (κ3) is 3.68. The second-order valence-electron chi connectivity index (χ2n) is 5.57. The first-order valence-corrected chi connectivity index (χ1v) is 8.31. The van der Waals surface area contributed by atoms with Crippen molar-refractivity contribution in [2.24, 2.45) is 0 Å². The molecule has 1 aromatic rings. The van der Waals surface area contributed by atoms with Crippen LogP contribution in [0.5, 0.6) is 0 Å². The minimum atomic E-state index is -0.268. The molecule has 1 atom stereocenters. The number of hydrogen-bond donors (Lipinski definition) is 2. The topological polar surface area (TPSA) is 89.0 Å². The maximum atomic E-state index is 11.7. The maximum absolute atomic E-state index is 11.7. The van der Waals surface area contributed by atoms with Crippen molar-refractivity contribution in [3.05, 3.63) is 10.5 Å². The molecule has 0 saturated heterocycles. The normalized spacial score (nSPS) is 19.5. The summed E-state index contributed by atoms with van der Waals surface area (Å²) < 4.78 is 6.56. The minimum Gasteiger partial charge on any atom is -0.468 e. The van der Waals surface area contributed by atoms with Crippen molar-refractivity contribution in [1.82, 2.24) is 20.1 Å². The molecule has 21 heavy (non-hydrogen) atoms. The van der Waals surface area contributed by atoms with Gasteiger partial charge in [-0.25, -0.2) is 9.89 Å².